The highest BCUT2D eigenvalue weighted by molar-refractivity contribution is 6.31. The molecule has 3 N–H and O–H groups in total. The van der Waals surface area contributed by atoms with E-state index in [1.54, 1.807) is 12.1 Å². The lowest BCUT2D eigenvalue weighted by atomic mass is 10.0. The number of piperidine rings is 1. The number of aliphatic hydroxyl groups is 1. The molecule has 134 valence electrons. The van der Waals surface area contributed by atoms with Crippen molar-refractivity contribution in [2.45, 2.75) is 31.7 Å². The van der Waals surface area contributed by atoms with Crippen LogP contribution in [0.15, 0.2) is 42.5 Å². The number of rotatable bonds is 5. The van der Waals surface area contributed by atoms with Gasteiger partial charge in [-0.25, -0.2) is 4.39 Å². The molecule has 0 amide bonds. The molecule has 0 aromatic heterocycles. The Morgan fingerprint density at radius 2 is 2.04 bits per heavy atom. The van der Waals surface area contributed by atoms with Crippen molar-refractivity contribution >= 4 is 11.6 Å². The summed E-state index contributed by atoms with van der Waals surface area (Å²) in [5, 5.41) is 10.3. The van der Waals surface area contributed by atoms with Gasteiger partial charge in [0, 0.05) is 36.8 Å². The molecule has 0 saturated carbocycles. The Labute approximate surface area is 152 Å². The summed E-state index contributed by atoms with van der Waals surface area (Å²) in [6, 6.07) is 12.1. The van der Waals surface area contributed by atoms with E-state index in [1.165, 1.54) is 6.07 Å². The van der Waals surface area contributed by atoms with Crippen LogP contribution in [0.1, 0.15) is 17.5 Å². The van der Waals surface area contributed by atoms with Gasteiger partial charge in [0.1, 0.15) is 18.2 Å². The molecule has 1 saturated heterocycles. The van der Waals surface area contributed by atoms with E-state index in [9.17, 15) is 9.50 Å². The highest BCUT2D eigenvalue weighted by Gasteiger charge is 2.25. The number of nitrogens with zero attached hydrogens (tertiary/aromatic N) is 1. The fraction of sp³-hybridized carbons (Fsp3) is 0.368. The van der Waals surface area contributed by atoms with Gasteiger partial charge in [-0.2, -0.15) is 0 Å². The molecular weight excluding hydrogens is 343 g/mol. The van der Waals surface area contributed by atoms with Crippen LogP contribution in [0.3, 0.4) is 0 Å². The average Bonchev–Trinajstić information content (AvgIpc) is 2.59. The smallest absolute Gasteiger partial charge is 0.131 e. The van der Waals surface area contributed by atoms with Crippen molar-refractivity contribution in [2.24, 2.45) is 5.73 Å². The summed E-state index contributed by atoms with van der Waals surface area (Å²) in [5.74, 6) is 0.310. The highest BCUT2D eigenvalue weighted by Crippen LogP contribution is 2.25. The van der Waals surface area contributed by atoms with Crippen molar-refractivity contribution in [3.05, 3.63) is 64.4 Å². The van der Waals surface area contributed by atoms with Crippen LogP contribution in [-0.2, 0) is 13.2 Å². The van der Waals surface area contributed by atoms with Crippen LogP contribution in [0, 0.1) is 5.82 Å². The number of ether oxygens (including phenoxy) is 1. The van der Waals surface area contributed by atoms with E-state index in [2.05, 4.69) is 4.90 Å². The normalized spacial score (nSPS) is 21.3. The van der Waals surface area contributed by atoms with Crippen molar-refractivity contribution in [3.8, 4) is 5.75 Å². The molecule has 1 aliphatic heterocycles. The van der Waals surface area contributed by atoms with Gasteiger partial charge in [-0.1, -0.05) is 35.9 Å². The molecular formula is C19H22ClFN2O2. The first-order valence-electron chi connectivity index (χ1n) is 8.34. The van der Waals surface area contributed by atoms with Crippen LogP contribution in [0.25, 0.3) is 0 Å². The van der Waals surface area contributed by atoms with Crippen molar-refractivity contribution in [1.82, 2.24) is 4.90 Å². The molecule has 1 fully saturated rings. The Bertz CT molecular complexity index is 708. The summed E-state index contributed by atoms with van der Waals surface area (Å²) in [5.41, 5.74) is 7.18. The maximum Gasteiger partial charge on any atom is 0.131 e. The molecule has 2 aromatic carbocycles. The molecule has 1 aliphatic rings. The van der Waals surface area contributed by atoms with Crippen molar-refractivity contribution in [2.75, 3.05) is 13.1 Å². The third kappa shape index (κ3) is 4.50. The van der Waals surface area contributed by atoms with Crippen molar-refractivity contribution in [1.29, 1.82) is 0 Å². The van der Waals surface area contributed by atoms with Gasteiger partial charge in [-0.15, -0.1) is 0 Å². The van der Waals surface area contributed by atoms with Gasteiger partial charge >= 0.3 is 0 Å². The fourth-order valence-electron chi connectivity index (χ4n) is 3.00. The van der Waals surface area contributed by atoms with Gasteiger partial charge in [-0.05, 0) is 24.6 Å². The summed E-state index contributed by atoms with van der Waals surface area (Å²) in [6.45, 7) is 2.07. The summed E-state index contributed by atoms with van der Waals surface area (Å²) in [7, 11) is 0. The molecule has 25 heavy (non-hydrogen) atoms. The molecule has 0 unspecified atom stereocenters. The Balaban J connectivity index is 1.69. The van der Waals surface area contributed by atoms with Gasteiger partial charge in [0.15, 0.2) is 0 Å². The number of benzene rings is 2. The second-order valence-corrected chi connectivity index (χ2v) is 6.76. The van der Waals surface area contributed by atoms with Crippen LogP contribution in [0.2, 0.25) is 5.02 Å². The quantitative estimate of drug-likeness (QED) is 0.856. The largest absolute Gasteiger partial charge is 0.488 e. The lowest BCUT2D eigenvalue weighted by Gasteiger charge is -2.34. The maximum atomic E-state index is 13.9. The van der Waals surface area contributed by atoms with Crippen molar-refractivity contribution < 1.29 is 14.2 Å². The molecule has 0 aliphatic carbocycles. The summed E-state index contributed by atoms with van der Waals surface area (Å²) in [6.07, 6.45) is 0.244. The zero-order valence-electron chi connectivity index (χ0n) is 13.9. The van der Waals surface area contributed by atoms with Gasteiger partial charge < -0.3 is 15.6 Å². The number of β-amino-alcohol motifs (C(OH)–C–C–N with tert-alkyl or cyclic N) is 1. The third-order valence-electron chi connectivity index (χ3n) is 4.52. The highest BCUT2D eigenvalue weighted by atomic mass is 35.5. The number of aliphatic hydroxyl groups excluding tert-OH is 1. The molecule has 4 nitrogen and oxygen atoms in total. The maximum absolute atomic E-state index is 13.9. The molecule has 0 radical (unpaired) electrons. The molecule has 1 heterocycles. The zero-order chi connectivity index (χ0) is 17.8. The van der Waals surface area contributed by atoms with Crippen molar-refractivity contribution in [3.63, 3.8) is 0 Å². The molecule has 6 heteroatoms. The SMILES string of the molecule is N[C@@H]1CCN(Cc2ccccc2OCc2c(F)cccc2Cl)C[C@H]1O. The van der Waals surface area contributed by atoms with E-state index in [0.717, 1.165) is 18.5 Å². The predicted molar refractivity (Wildman–Crippen MR) is 96.1 cm³/mol. The molecule has 0 bridgehead atoms. The molecule has 0 spiro atoms. The fourth-order valence-corrected chi connectivity index (χ4v) is 3.21. The van der Waals surface area contributed by atoms with Crippen LogP contribution >= 0.6 is 11.6 Å². The monoisotopic (exact) mass is 364 g/mol. The van der Waals surface area contributed by atoms with E-state index in [0.29, 0.717) is 29.4 Å². The van der Waals surface area contributed by atoms with E-state index in [1.807, 2.05) is 24.3 Å². The lowest BCUT2D eigenvalue weighted by molar-refractivity contribution is 0.0495. The Kier molecular flexibility index (Phi) is 5.91. The second kappa shape index (κ2) is 8.15. The number of halogens is 2. The molecule has 3 rings (SSSR count). The first-order chi connectivity index (χ1) is 12.0. The molecule has 2 aromatic rings. The minimum atomic E-state index is -0.515. The number of para-hydroxylation sites is 1. The van der Waals surface area contributed by atoms with E-state index in [4.69, 9.17) is 22.1 Å². The first-order valence-corrected chi connectivity index (χ1v) is 8.72. The average molecular weight is 365 g/mol. The lowest BCUT2D eigenvalue weighted by Crippen LogP contribution is -2.50. The number of nitrogens with two attached hydrogens (primary N) is 1. The Morgan fingerprint density at radius 1 is 1.24 bits per heavy atom. The predicted octanol–water partition coefficient (Wildman–Crippen LogP) is 2.95. The topological polar surface area (TPSA) is 58.7 Å². The summed E-state index contributed by atoms with van der Waals surface area (Å²) >= 11 is 6.05. The number of likely N-dealkylation sites (tertiary alicyclic amines) is 1. The third-order valence-corrected chi connectivity index (χ3v) is 4.87. The van der Waals surface area contributed by atoms with Gasteiger partial charge in [-0.3, -0.25) is 4.90 Å². The van der Waals surface area contributed by atoms with Gasteiger partial charge in [0.05, 0.1) is 11.1 Å². The second-order valence-electron chi connectivity index (χ2n) is 6.35. The van der Waals surface area contributed by atoms with Gasteiger partial charge in [0.25, 0.3) is 0 Å². The summed E-state index contributed by atoms with van der Waals surface area (Å²) in [4.78, 5) is 2.15. The zero-order valence-corrected chi connectivity index (χ0v) is 14.6. The summed E-state index contributed by atoms with van der Waals surface area (Å²) < 4.78 is 19.7. The Hall–Kier alpha value is -1.66. The van der Waals surface area contributed by atoms with E-state index >= 15 is 0 Å². The minimum Gasteiger partial charge on any atom is -0.488 e. The van der Waals surface area contributed by atoms with E-state index < -0.39 is 6.10 Å². The van der Waals surface area contributed by atoms with E-state index in [-0.39, 0.29) is 18.5 Å². The first kappa shape index (κ1) is 18.1. The van der Waals surface area contributed by atoms with Crippen LogP contribution in [0.5, 0.6) is 5.75 Å². The van der Waals surface area contributed by atoms with Crippen LogP contribution in [-0.4, -0.2) is 35.2 Å². The standard InChI is InChI=1S/C19H22ClFN2O2/c20-15-5-3-6-16(21)14(15)12-25-19-7-2-1-4-13(19)10-23-9-8-17(22)18(24)11-23/h1-7,17-18,24H,8-12,22H2/t17-,18-/m1/s1. The Morgan fingerprint density at radius 3 is 2.80 bits per heavy atom. The van der Waals surface area contributed by atoms with Crippen LogP contribution in [0.4, 0.5) is 4.39 Å². The minimum absolute atomic E-state index is 0.0655. The molecule has 2 atom stereocenters. The van der Waals surface area contributed by atoms with Gasteiger partial charge in [0.2, 0.25) is 0 Å². The van der Waals surface area contributed by atoms with Crippen LogP contribution < -0.4 is 10.5 Å². The number of hydrogen-bond acceptors (Lipinski definition) is 4. The number of hydrogen-bond donors (Lipinski definition) is 2.